The molecule has 2 aromatic rings. The second-order valence-corrected chi connectivity index (χ2v) is 4.62. The number of aromatic nitrogens is 2. The van der Waals surface area contributed by atoms with Crippen LogP contribution in [-0.4, -0.2) is 20.5 Å². The highest BCUT2D eigenvalue weighted by atomic mass is 32.1. The summed E-state index contributed by atoms with van der Waals surface area (Å²) < 4.78 is 1.94. The zero-order chi connectivity index (χ0) is 11.9. The summed E-state index contributed by atoms with van der Waals surface area (Å²) in [6.45, 7) is 3.82. The fraction of sp³-hybridized carbons (Fsp3) is 0.400. The summed E-state index contributed by atoms with van der Waals surface area (Å²) >= 11 is 1.53. The molecular formula is C10H13N3O2S. The van der Waals surface area contributed by atoms with Crippen LogP contribution in [0.3, 0.4) is 0 Å². The zero-order valence-electron chi connectivity index (χ0n) is 9.10. The minimum atomic E-state index is -0.894. The average molecular weight is 239 g/mol. The Hall–Kier alpha value is -1.40. The summed E-state index contributed by atoms with van der Waals surface area (Å²) in [4.78, 5) is 15.9. The van der Waals surface area contributed by atoms with Gasteiger partial charge in [0.25, 0.3) is 0 Å². The predicted molar refractivity (Wildman–Crippen MR) is 61.7 cm³/mol. The molecule has 2 heterocycles. The summed E-state index contributed by atoms with van der Waals surface area (Å²) in [5.41, 5.74) is 8.55. The number of imidazole rings is 1. The first-order valence-electron chi connectivity index (χ1n) is 4.91. The van der Waals surface area contributed by atoms with Crippen molar-refractivity contribution in [1.82, 2.24) is 9.38 Å². The molecule has 16 heavy (non-hydrogen) atoms. The molecule has 0 bridgehead atoms. The second kappa shape index (κ2) is 3.88. The lowest BCUT2D eigenvalue weighted by atomic mass is 10.1. The third kappa shape index (κ3) is 1.70. The Kier molecular flexibility index (Phi) is 2.69. The highest BCUT2D eigenvalue weighted by Gasteiger charge is 2.20. The molecule has 0 fully saturated rings. The lowest BCUT2D eigenvalue weighted by molar-refractivity contribution is -0.137. The Morgan fingerprint density at radius 1 is 1.69 bits per heavy atom. The van der Waals surface area contributed by atoms with Crippen LogP contribution in [-0.2, 0) is 4.79 Å². The third-order valence-corrected chi connectivity index (χ3v) is 3.44. The van der Waals surface area contributed by atoms with Crippen LogP contribution >= 0.6 is 11.3 Å². The van der Waals surface area contributed by atoms with E-state index in [4.69, 9.17) is 10.8 Å². The molecule has 1 atom stereocenters. The molecule has 2 aromatic heterocycles. The number of thiazole rings is 1. The number of fused-ring (bicyclic) bond motifs is 1. The molecule has 2 rings (SSSR count). The Morgan fingerprint density at radius 3 is 3.00 bits per heavy atom. The van der Waals surface area contributed by atoms with Crippen molar-refractivity contribution in [3.05, 3.63) is 22.5 Å². The summed E-state index contributed by atoms with van der Waals surface area (Å²) in [6.07, 6.45) is -0.0794. The zero-order valence-corrected chi connectivity index (χ0v) is 9.91. The number of aryl methyl sites for hydroxylation is 2. The van der Waals surface area contributed by atoms with Gasteiger partial charge in [-0.25, -0.2) is 4.98 Å². The van der Waals surface area contributed by atoms with Gasteiger partial charge in [-0.15, -0.1) is 11.3 Å². The smallest absolute Gasteiger partial charge is 0.305 e. The topological polar surface area (TPSA) is 80.6 Å². The van der Waals surface area contributed by atoms with Crippen molar-refractivity contribution in [2.45, 2.75) is 26.3 Å². The van der Waals surface area contributed by atoms with E-state index < -0.39 is 12.0 Å². The van der Waals surface area contributed by atoms with Crippen LogP contribution in [0.4, 0.5) is 0 Å². The molecule has 0 spiro atoms. The Morgan fingerprint density at radius 2 is 2.38 bits per heavy atom. The minimum absolute atomic E-state index is 0.0794. The van der Waals surface area contributed by atoms with Gasteiger partial charge in [0.2, 0.25) is 0 Å². The normalized spacial score (nSPS) is 13.2. The number of carboxylic acids is 1. The maximum absolute atomic E-state index is 10.7. The van der Waals surface area contributed by atoms with Crippen molar-refractivity contribution in [3.63, 3.8) is 0 Å². The van der Waals surface area contributed by atoms with Crippen molar-refractivity contribution in [2.75, 3.05) is 0 Å². The van der Waals surface area contributed by atoms with Gasteiger partial charge in [-0.3, -0.25) is 9.20 Å². The van der Waals surface area contributed by atoms with E-state index in [-0.39, 0.29) is 6.42 Å². The van der Waals surface area contributed by atoms with Crippen molar-refractivity contribution in [1.29, 1.82) is 0 Å². The summed E-state index contributed by atoms with van der Waals surface area (Å²) in [5, 5.41) is 10.7. The first-order chi connectivity index (χ1) is 7.50. The van der Waals surface area contributed by atoms with Gasteiger partial charge in [0.15, 0.2) is 4.96 Å². The molecule has 6 heteroatoms. The quantitative estimate of drug-likeness (QED) is 0.850. The molecule has 0 radical (unpaired) electrons. The Bertz CT molecular complexity index is 543. The molecular weight excluding hydrogens is 226 g/mol. The fourth-order valence-corrected chi connectivity index (χ4v) is 2.76. The Labute approximate surface area is 96.5 Å². The van der Waals surface area contributed by atoms with E-state index >= 15 is 0 Å². The van der Waals surface area contributed by atoms with Gasteiger partial charge in [-0.2, -0.15) is 0 Å². The number of hydrogen-bond acceptors (Lipinski definition) is 4. The molecule has 0 amide bonds. The number of nitrogens with two attached hydrogens (primary N) is 1. The van der Waals surface area contributed by atoms with Gasteiger partial charge in [0, 0.05) is 11.1 Å². The molecule has 5 nitrogen and oxygen atoms in total. The summed E-state index contributed by atoms with van der Waals surface area (Å²) in [7, 11) is 0. The van der Waals surface area contributed by atoms with E-state index in [0.717, 1.165) is 22.0 Å². The molecule has 3 N–H and O–H groups in total. The predicted octanol–water partition coefficient (Wildman–Crippen LogP) is 1.49. The first kappa shape index (κ1) is 11.1. The molecule has 0 aliphatic rings. The van der Waals surface area contributed by atoms with Crippen LogP contribution in [0.1, 0.15) is 29.5 Å². The maximum atomic E-state index is 10.7. The van der Waals surface area contributed by atoms with Crippen LogP contribution in [0.5, 0.6) is 0 Å². The molecule has 0 saturated carbocycles. The van der Waals surface area contributed by atoms with Crippen molar-refractivity contribution < 1.29 is 9.90 Å². The molecule has 0 saturated heterocycles. The lowest BCUT2D eigenvalue weighted by Crippen LogP contribution is -2.18. The van der Waals surface area contributed by atoms with E-state index in [0.29, 0.717) is 0 Å². The maximum Gasteiger partial charge on any atom is 0.305 e. The van der Waals surface area contributed by atoms with E-state index in [2.05, 4.69) is 4.98 Å². The number of aliphatic carboxylic acids is 1. The van der Waals surface area contributed by atoms with Crippen molar-refractivity contribution >= 4 is 22.3 Å². The summed E-state index contributed by atoms with van der Waals surface area (Å²) in [5.74, 6) is -0.894. The van der Waals surface area contributed by atoms with Gasteiger partial charge in [0.05, 0.1) is 23.9 Å². The monoisotopic (exact) mass is 239 g/mol. The number of nitrogens with zero attached hydrogens (tertiary/aromatic N) is 2. The molecule has 0 aliphatic carbocycles. The van der Waals surface area contributed by atoms with Crippen molar-refractivity contribution in [2.24, 2.45) is 5.73 Å². The van der Waals surface area contributed by atoms with Gasteiger partial charge in [-0.05, 0) is 13.8 Å². The largest absolute Gasteiger partial charge is 0.481 e. The fourth-order valence-electron chi connectivity index (χ4n) is 1.85. The highest BCUT2D eigenvalue weighted by molar-refractivity contribution is 7.15. The van der Waals surface area contributed by atoms with Crippen LogP contribution in [0.15, 0.2) is 5.38 Å². The van der Waals surface area contributed by atoms with E-state index in [9.17, 15) is 4.79 Å². The number of carbonyl (C=O) groups is 1. The molecule has 0 aliphatic heterocycles. The van der Waals surface area contributed by atoms with Crippen LogP contribution in [0.25, 0.3) is 4.96 Å². The third-order valence-electron chi connectivity index (χ3n) is 2.50. The highest BCUT2D eigenvalue weighted by Crippen LogP contribution is 2.25. The van der Waals surface area contributed by atoms with Gasteiger partial charge in [-0.1, -0.05) is 0 Å². The average Bonchev–Trinajstić information content (AvgIpc) is 2.65. The van der Waals surface area contributed by atoms with Crippen molar-refractivity contribution in [3.8, 4) is 0 Å². The summed E-state index contributed by atoms with van der Waals surface area (Å²) in [6, 6.07) is -0.513. The molecule has 86 valence electrons. The second-order valence-electron chi connectivity index (χ2n) is 3.78. The van der Waals surface area contributed by atoms with Crippen LogP contribution < -0.4 is 5.73 Å². The van der Waals surface area contributed by atoms with Gasteiger partial charge >= 0.3 is 5.97 Å². The molecule has 1 unspecified atom stereocenters. The number of hydrogen-bond donors (Lipinski definition) is 2. The Balaban J connectivity index is 2.53. The van der Waals surface area contributed by atoms with Gasteiger partial charge in [0.1, 0.15) is 0 Å². The molecule has 0 aromatic carbocycles. The lowest BCUT2D eigenvalue weighted by Gasteiger charge is -2.10. The van der Waals surface area contributed by atoms with E-state index in [1.807, 2.05) is 23.6 Å². The first-order valence-corrected chi connectivity index (χ1v) is 5.79. The minimum Gasteiger partial charge on any atom is -0.481 e. The number of carboxylic acid groups (broad SMARTS) is 1. The van der Waals surface area contributed by atoms with Crippen LogP contribution in [0.2, 0.25) is 0 Å². The van der Waals surface area contributed by atoms with E-state index in [1.54, 1.807) is 0 Å². The standard InChI is InChI=1S/C10H13N3O2S/c1-5-4-16-10-12-6(2)9(13(5)10)7(11)3-8(14)15/h4,7H,3,11H2,1-2H3,(H,14,15). The van der Waals surface area contributed by atoms with Crippen LogP contribution in [0, 0.1) is 13.8 Å². The number of rotatable bonds is 3. The van der Waals surface area contributed by atoms with E-state index in [1.165, 1.54) is 11.3 Å². The SMILES string of the molecule is Cc1nc2scc(C)n2c1C(N)CC(=O)O. The van der Waals surface area contributed by atoms with Gasteiger partial charge < -0.3 is 10.8 Å².